The van der Waals surface area contributed by atoms with E-state index in [1.54, 1.807) is 0 Å². The Labute approximate surface area is 138 Å². The van der Waals surface area contributed by atoms with Gasteiger partial charge in [-0.05, 0) is 20.8 Å². The smallest absolute Gasteiger partial charge is 0.355 e. The number of nitrogens with zero attached hydrogens (tertiary/aromatic N) is 2. The molecule has 0 spiro atoms. The predicted octanol–water partition coefficient (Wildman–Crippen LogP) is -0.0930. The summed E-state index contributed by atoms with van der Waals surface area (Å²) < 4.78 is 16.3. The van der Waals surface area contributed by atoms with Gasteiger partial charge in [0, 0.05) is 17.8 Å². The van der Waals surface area contributed by atoms with Crippen molar-refractivity contribution in [2.75, 3.05) is 14.2 Å². The Hall–Kier alpha value is -2.68. The van der Waals surface area contributed by atoms with Crippen molar-refractivity contribution in [2.45, 2.75) is 32.5 Å². The molecule has 1 N–H and O–H groups in total. The van der Waals surface area contributed by atoms with Gasteiger partial charge in [-0.3, -0.25) is 14.7 Å². The molecule has 1 aromatic heterocycles. The monoisotopic (exact) mass is 337 g/mol. The van der Waals surface area contributed by atoms with E-state index in [1.807, 2.05) is 20.8 Å². The van der Waals surface area contributed by atoms with Crippen LogP contribution in [0.25, 0.3) is 5.70 Å². The van der Waals surface area contributed by atoms with Crippen molar-refractivity contribution in [2.24, 2.45) is 0 Å². The molecule has 0 saturated heterocycles. The second-order valence-electron chi connectivity index (χ2n) is 6.06. The first-order chi connectivity index (χ1) is 11.2. The number of hydrogen-bond acceptors (Lipinski definition) is 8. The molecule has 1 aromatic rings. The van der Waals surface area contributed by atoms with Crippen molar-refractivity contribution in [3.63, 3.8) is 0 Å². The van der Waals surface area contributed by atoms with Crippen LogP contribution < -0.4 is 15.6 Å². The molecule has 130 valence electrons. The second-order valence-corrected chi connectivity index (χ2v) is 6.06. The van der Waals surface area contributed by atoms with E-state index < -0.39 is 29.3 Å². The summed E-state index contributed by atoms with van der Waals surface area (Å²) in [4.78, 5) is 39.8. The maximum absolute atomic E-state index is 12.3. The number of aromatic nitrogens is 2. The molecular weight excluding hydrogens is 318 g/mol. The number of carbonyl (C=O) groups is 2. The number of rotatable bonds is 3. The van der Waals surface area contributed by atoms with Gasteiger partial charge in [-0.15, -0.1) is 0 Å². The SMILES string of the molecule is COC(=O)C1=C(C(=O)OC)n2ccc(=O)nc2OC1NC(C)(C)C. The molecule has 1 unspecified atom stereocenters. The minimum Gasteiger partial charge on any atom is -0.465 e. The summed E-state index contributed by atoms with van der Waals surface area (Å²) in [5.41, 5.74) is -1.21. The highest BCUT2D eigenvalue weighted by atomic mass is 16.5. The average Bonchev–Trinajstić information content (AvgIpc) is 2.50. The van der Waals surface area contributed by atoms with Gasteiger partial charge in [-0.25, -0.2) is 9.59 Å². The number of ether oxygens (including phenoxy) is 3. The molecule has 9 heteroatoms. The van der Waals surface area contributed by atoms with E-state index in [9.17, 15) is 14.4 Å². The van der Waals surface area contributed by atoms with Crippen LogP contribution in [0.2, 0.25) is 0 Å². The summed E-state index contributed by atoms with van der Waals surface area (Å²) in [6.45, 7) is 5.55. The molecule has 0 saturated carbocycles. The first kappa shape index (κ1) is 17.7. The molecule has 0 aliphatic carbocycles. The summed E-state index contributed by atoms with van der Waals surface area (Å²) >= 11 is 0. The Morgan fingerprint density at radius 3 is 2.42 bits per heavy atom. The molecule has 1 aliphatic rings. The third-order valence-corrected chi connectivity index (χ3v) is 3.11. The van der Waals surface area contributed by atoms with Crippen molar-refractivity contribution in [3.8, 4) is 6.01 Å². The number of carbonyl (C=O) groups excluding carboxylic acids is 2. The fourth-order valence-electron chi connectivity index (χ4n) is 2.17. The molecule has 0 amide bonds. The van der Waals surface area contributed by atoms with Crippen LogP contribution in [0.1, 0.15) is 20.8 Å². The van der Waals surface area contributed by atoms with E-state index >= 15 is 0 Å². The zero-order chi connectivity index (χ0) is 18.1. The van der Waals surface area contributed by atoms with E-state index in [0.717, 1.165) is 6.07 Å². The lowest BCUT2D eigenvalue weighted by molar-refractivity contribution is -0.139. The second kappa shape index (κ2) is 6.44. The van der Waals surface area contributed by atoms with Crippen molar-refractivity contribution in [1.29, 1.82) is 0 Å². The quantitative estimate of drug-likeness (QED) is 0.762. The van der Waals surface area contributed by atoms with Gasteiger partial charge in [0.1, 0.15) is 5.57 Å². The van der Waals surface area contributed by atoms with E-state index in [1.165, 1.54) is 25.0 Å². The number of nitrogens with one attached hydrogen (secondary N) is 1. The fraction of sp³-hybridized carbons (Fsp3) is 0.467. The van der Waals surface area contributed by atoms with Gasteiger partial charge in [-0.1, -0.05) is 0 Å². The van der Waals surface area contributed by atoms with Crippen LogP contribution in [0, 0.1) is 0 Å². The van der Waals surface area contributed by atoms with Gasteiger partial charge < -0.3 is 14.2 Å². The predicted molar refractivity (Wildman–Crippen MR) is 83.0 cm³/mol. The normalized spacial score (nSPS) is 17.0. The Kier molecular flexibility index (Phi) is 4.74. The number of methoxy groups -OCH3 is 2. The largest absolute Gasteiger partial charge is 0.465 e. The standard InChI is InChI=1S/C15H19N3O6/c1-15(2,3)17-11-9(12(20)22-4)10(13(21)23-5)18-7-6-8(19)16-14(18)24-11/h6-7,11,17H,1-5H3. The lowest BCUT2D eigenvalue weighted by Crippen LogP contribution is -2.52. The van der Waals surface area contributed by atoms with Crippen LogP contribution in [0.3, 0.4) is 0 Å². The van der Waals surface area contributed by atoms with Gasteiger partial charge in [0.15, 0.2) is 11.9 Å². The zero-order valence-electron chi connectivity index (χ0n) is 14.1. The molecule has 2 heterocycles. The van der Waals surface area contributed by atoms with E-state index in [-0.39, 0.29) is 17.3 Å². The highest BCUT2D eigenvalue weighted by Gasteiger charge is 2.39. The Morgan fingerprint density at radius 1 is 1.25 bits per heavy atom. The molecule has 0 aromatic carbocycles. The summed E-state index contributed by atoms with van der Waals surface area (Å²) in [6.07, 6.45) is 0.244. The molecular formula is C15H19N3O6. The number of fused-ring (bicyclic) bond motifs is 1. The minimum atomic E-state index is -1.04. The van der Waals surface area contributed by atoms with Gasteiger partial charge in [0.25, 0.3) is 5.56 Å². The lowest BCUT2D eigenvalue weighted by Gasteiger charge is -2.33. The van der Waals surface area contributed by atoms with E-state index in [0.29, 0.717) is 0 Å². The summed E-state index contributed by atoms with van der Waals surface area (Å²) in [5, 5.41) is 3.05. The van der Waals surface area contributed by atoms with Crippen molar-refractivity contribution >= 4 is 17.6 Å². The van der Waals surface area contributed by atoms with Gasteiger partial charge in [-0.2, -0.15) is 4.98 Å². The van der Waals surface area contributed by atoms with Crippen LogP contribution in [0.15, 0.2) is 22.6 Å². The average molecular weight is 337 g/mol. The third kappa shape index (κ3) is 3.46. The topological polar surface area (TPSA) is 109 Å². The maximum Gasteiger partial charge on any atom is 0.355 e. The summed E-state index contributed by atoms with van der Waals surface area (Å²) in [6, 6.07) is 1.01. The van der Waals surface area contributed by atoms with Crippen LogP contribution in [0.4, 0.5) is 0 Å². The highest BCUT2D eigenvalue weighted by molar-refractivity contribution is 6.18. The first-order valence-corrected chi connectivity index (χ1v) is 7.13. The fourth-order valence-corrected chi connectivity index (χ4v) is 2.17. The number of hydrogen-bond donors (Lipinski definition) is 1. The van der Waals surface area contributed by atoms with Crippen molar-refractivity contribution in [3.05, 3.63) is 28.2 Å². The van der Waals surface area contributed by atoms with Gasteiger partial charge >= 0.3 is 17.9 Å². The molecule has 2 rings (SSSR count). The third-order valence-electron chi connectivity index (χ3n) is 3.11. The van der Waals surface area contributed by atoms with Crippen LogP contribution in [0.5, 0.6) is 6.01 Å². The van der Waals surface area contributed by atoms with Crippen molar-refractivity contribution < 1.29 is 23.8 Å². The summed E-state index contributed by atoms with van der Waals surface area (Å²) in [7, 11) is 2.37. The minimum absolute atomic E-state index is 0.0720. The van der Waals surface area contributed by atoms with E-state index in [4.69, 9.17) is 14.2 Å². The highest BCUT2D eigenvalue weighted by Crippen LogP contribution is 2.28. The van der Waals surface area contributed by atoms with Crippen LogP contribution in [-0.2, 0) is 19.1 Å². The van der Waals surface area contributed by atoms with Crippen LogP contribution >= 0.6 is 0 Å². The van der Waals surface area contributed by atoms with Gasteiger partial charge in [0.05, 0.1) is 14.2 Å². The number of esters is 2. The summed E-state index contributed by atoms with van der Waals surface area (Å²) in [5.74, 6) is -1.55. The lowest BCUT2D eigenvalue weighted by atomic mass is 10.1. The van der Waals surface area contributed by atoms with Gasteiger partial charge in [0.2, 0.25) is 0 Å². The Balaban J connectivity index is 2.73. The van der Waals surface area contributed by atoms with Crippen LogP contribution in [-0.4, -0.2) is 47.5 Å². The molecule has 0 bridgehead atoms. The first-order valence-electron chi connectivity index (χ1n) is 7.13. The maximum atomic E-state index is 12.3. The molecule has 24 heavy (non-hydrogen) atoms. The molecule has 1 aliphatic heterocycles. The van der Waals surface area contributed by atoms with E-state index in [2.05, 4.69) is 10.3 Å². The molecule has 1 atom stereocenters. The zero-order valence-corrected chi connectivity index (χ0v) is 14.1. The molecule has 9 nitrogen and oxygen atoms in total. The Morgan fingerprint density at radius 2 is 1.88 bits per heavy atom. The van der Waals surface area contributed by atoms with Crippen molar-refractivity contribution in [1.82, 2.24) is 14.9 Å². The molecule has 0 radical (unpaired) electrons. The molecule has 0 fully saturated rings. The Bertz CT molecular complexity index is 759.